The maximum Gasteiger partial charge on any atom is 0.261 e. The summed E-state index contributed by atoms with van der Waals surface area (Å²) in [7, 11) is 0. The third-order valence-corrected chi connectivity index (χ3v) is 7.96. The van der Waals surface area contributed by atoms with Crippen molar-refractivity contribution in [2.45, 2.75) is 87.9 Å². The summed E-state index contributed by atoms with van der Waals surface area (Å²) >= 11 is 0. The van der Waals surface area contributed by atoms with Crippen molar-refractivity contribution in [2.24, 2.45) is 5.92 Å². The van der Waals surface area contributed by atoms with Crippen LogP contribution in [0.3, 0.4) is 0 Å². The first kappa shape index (κ1) is 19.3. The first-order valence-corrected chi connectivity index (χ1v) is 11.5. The van der Waals surface area contributed by atoms with Crippen LogP contribution in [0.2, 0.25) is 0 Å². The van der Waals surface area contributed by atoms with Crippen LogP contribution in [0.25, 0.3) is 0 Å². The lowest BCUT2D eigenvalue weighted by Crippen LogP contribution is -2.60. The standard InChI is InChI=1S/C24H29N3O4/c1-13-3-4-18-16(9-13)17(28)10-19(30-18)20(29)25-24-6-5-23(11-24,12-24)22-27-26-21(31-22)15-7-14(2)8-15/h3-4,9,14-15,17,19,28H,5-8,10-12H2,1-2H3,(H,25,29)/t14?,15?,17-,19-,23?,24?/m1/s1. The van der Waals surface area contributed by atoms with Gasteiger partial charge < -0.3 is 19.6 Å². The molecule has 2 N–H and O–H groups in total. The molecule has 1 aromatic heterocycles. The predicted molar refractivity (Wildman–Crippen MR) is 112 cm³/mol. The first-order chi connectivity index (χ1) is 14.8. The van der Waals surface area contributed by atoms with E-state index in [-0.39, 0.29) is 23.3 Å². The second kappa shape index (κ2) is 6.55. The monoisotopic (exact) mass is 423 g/mol. The van der Waals surface area contributed by atoms with Crippen LogP contribution in [0.4, 0.5) is 0 Å². The molecular weight excluding hydrogens is 394 g/mol. The lowest BCUT2D eigenvalue weighted by Gasteiger charge is -2.46. The average Bonchev–Trinajstić information content (AvgIpc) is 3.39. The number of benzene rings is 1. The summed E-state index contributed by atoms with van der Waals surface area (Å²) in [5.41, 5.74) is 1.51. The van der Waals surface area contributed by atoms with Gasteiger partial charge in [-0.25, -0.2) is 0 Å². The lowest BCUT2D eigenvalue weighted by molar-refractivity contribution is -0.133. The largest absolute Gasteiger partial charge is 0.480 e. The van der Waals surface area contributed by atoms with Gasteiger partial charge in [0.1, 0.15) is 5.75 Å². The highest BCUT2D eigenvalue weighted by Crippen LogP contribution is 2.62. The van der Waals surface area contributed by atoms with E-state index >= 15 is 0 Å². The number of aliphatic hydroxyl groups excluding tert-OH is 1. The van der Waals surface area contributed by atoms with Gasteiger partial charge in [0.25, 0.3) is 5.91 Å². The third-order valence-electron chi connectivity index (χ3n) is 7.96. The minimum absolute atomic E-state index is 0.0923. The minimum atomic E-state index is -0.688. The number of hydrogen-bond donors (Lipinski definition) is 2. The number of hydrogen-bond acceptors (Lipinski definition) is 6. The number of fused-ring (bicyclic) bond motifs is 2. The topological polar surface area (TPSA) is 97.5 Å². The lowest BCUT2D eigenvalue weighted by atomic mass is 9.65. The zero-order valence-electron chi connectivity index (χ0n) is 18.1. The van der Waals surface area contributed by atoms with Crippen LogP contribution in [0.15, 0.2) is 22.6 Å². The maximum absolute atomic E-state index is 13.0. The Morgan fingerprint density at radius 1 is 1.19 bits per heavy atom. The molecule has 7 rings (SSSR count). The second-order valence-electron chi connectivity index (χ2n) is 10.5. The maximum atomic E-state index is 13.0. The van der Waals surface area contributed by atoms with Gasteiger partial charge in [-0.2, -0.15) is 0 Å². The zero-order chi connectivity index (χ0) is 21.4. The fraction of sp³-hybridized carbons (Fsp3) is 0.625. The van der Waals surface area contributed by atoms with E-state index < -0.39 is 12.2 Å². The number of nitrogens with one attached hydrogen (secondary N) is 1. The van der Waals surface area contributed by atoms with Crippen LogP contribution in [0.1, 0.15) is 86.8 Å². The van der Waals surface area contributed by atoms with Gasteiger partial charge in [-0.05, 0) is 63.5 Å². The van der Waals surface area contributed by atoms with Gasteiger partial charge in [0.15, 0.2) is 6.10 Å². The molecule has 1 amide bonds. The Labute approximate surface area is 181 Å². The van der Waals surface area contributed by atoms with E-state index in [0.29, 0.717) is 11.7 Å². The van der Waals surface area contributed by atoms with Gasteiger partial charge in [0.05, 0.1) is 11.5 Å². The normalized spacial score (nSPS) is 37.9. The molecule has 4 aliphatic carbocycles. The summed E-state index contributed by atoms with van der Waals surface area (Å²) in [6.45, 7) is 4.23. The van der Waals surface area contributed by atoms with Crippen LogP contribution in [0.5, 0.6) is 5.75 Å². The Morgan fingerprint density at radius 2 is 2.00 bits per heavy atom. The van der Waals surface area contributed by atoms with E-state index in [1.807, 2.05) is 25.1 Å². The van der Waals surface area contributed by atoms with Crippen LogP contribution >= 0.6 is 0 Å². The van der Waals surface area contributed by atoms with Crippen molar-refractivity contribution in [3.63, 3.8) is 0 Å². The van der Waals surface area contributed by atoms with E-state index in [2.05, 4.69) is 22.4 Å². The molecule has 2 atom stereocenters. The van der Waals surface area contributed by atoms with Crippen molar-refractivity contribution >= 4 is 5.91 Å². The Kier molecular flexibility index (Phi) is 4.07. The molecule has 0 saturated heterocycles. The third kappa shape index (κ3) is 3.00. The SMILES string of the molecule is Cc1ccc2c(c1)[C@H](O)C[C@H](C(=O)NC13CCC(c4nnc(C5CC(C)C5)o4)(C1)C3)O2. The number of aromatic nitrogens is 2. The first-order valence-electron chi connectivity index (χ1n) is 11.5. The van der Waals surface area contributed by atoms with E-state index in [1.54, 1.807) is 0 Å². The summed E-state index contributed by atoms with van der Waals surface area (Å²) < 4.78 is 12.0. The van der Waals surface area contributed by atoms with Gasteiger partial charge in [-0.1, -0.05) is 18.6 Å². The van der Waals surface area contributed by atoms with Crippen molar-refractivity contribution in [1.82, 2.24) is 15.5 Å². The van der Waals surface area contributed by atoms with Crippen molar-refractivity contribution < 1.29 is 19.1 Å². The predicted octanol–water partition coefficient (Wildman–Crippen LogP) is 3.46. The molecule has 0 spiro atoms. The minimum Gasteiger partial charge on any atom is -0.480 e. The molecule has 0 unspecified atom stereocenters. The summed E-state index contributed by atoms with van der Waals surface area (Å²) in [6.07, 6.45) is 4.69. The number of aryl methyl sites for hydroxylation is 1. The van der Waals surface area contributed by atoms with Crippen LogP contribution in [-0.4, -0.2) is 32.9 Å². The Balaban J connectivity index is 1.11. The van der Waals surface area contributed by atoms with Gasteiger partial charge >= 0.3 is 0 Å². The molecule has 1 aliphatic heterocycles. The van der Waals surface area contributed by atoms with Gasteiger partial charge in [-0.15, -0.1) is 10.2 Å². The van der Waals surface area contributed by atoms with Crippen LogP contribution in [0, 0.1) is 12.8 Å². The van der Waals surface area contributed by atoms with Crippen molar-refractivity contribution in [3.8, 4) is 5.75 Å². The van der Waals surface area contributed by atoms with Crippen LogP contribution < -0.4 is 10.1 Å². The molecule has 31 heavy (non-hydrogen) atoms. The van der Waals surface area contributed by atoms with Gasteiger partial charge in [0, 0.05) is 23.4 Å². The quantitative estimate of drug-likeness (QED) is 0.782. The van der Waals surface area contributed by atoms with E-state index in [0.717, 1.165) is 67.4 Å². The smallest absolute Gasteiger partial charge is 0.261 e. The highest BCUT2D eigenvalue weighted by molar-refractivity contribution is 5.82. The molecule has 2 aromatic rings. The summed E-state index contributed by atoms with van der Waals surface area (Å²) in [4.78, 5) is 13.0. The molecule has 0 radical (unpaired) electrons. The number of amides is 1. The molecule has 4 fully saturated rings. The summed E-state index contributed by atoms with van der Waals surface area (Å²) in [5, 5.41) is 22.5. The zero-order valence-corrected chi connectivity index (χ0v) is 18.1. The number of ether oxygens (including phenoxy) is 1. The molecule has 5 aliphatic rings. The molecule has 2 bridgehead atoms. The summed E-state index contributed by atoms with van der Waals surface area (Å²) in [6, 6.07) is 5.70. The number of nitrogens with zero attached hydrogens (tertiary/aromatic N) is 2. The van der Waals surface area contributed by atoms with Crippen molar-refractivity contribution in [2.75, 3.05) is 0 Å². The van der Waals surface area contributed by atoms with E-state index in [9.17, 15) is 9.90 Å². The Bertz CT molecular complexity index is 1040. The second-order valence-corrected chi connectivity index (χ2v) is 10.5. The fourth-order valence-electron chi connectivity index (χ4n) is 6.27. The highest BCUT2D eigenvalue weighted by atomic mass is 16.5. The molecule has 2 heterocycles. The molecule has 4 saturated carbocycles. The molecule has 7 heteroatoms. The van der Waals surface area contributed by atoms with Crippen LogP contribution in [-0.2, 0) is 10.2 Å². The molecule has 7 nitrogen and oxygen atoms in total. The van der Waals surface area contributed by atoms with E-state index in [1.165, 1.54) is 0 Å². The number of carbonyl (C=O) groups is 1. The number of carbonyl (C=O) groups excluding carboxylic acids is 1. The highest BCUT2D eigenvalue weighted by Gasteiger charge is 2.65. The molecular formula is C24H29N3O4. The van der Waals surface area contributed by atoms with Crippen molar-refractivity contribution in [3.05, 3.63) is 41.1 Å². The van der Waals surface area contributed by atoms with Crippen molar-refractivity contribution in [1.29, 1.82) is 0 Å². The average molecular weight is 424 g/mol. The fourth-order valence-corrected chi connectivity index (χ4v) is 6.27. The Morgan fingerprint density at radius 3 is 2.77 bits per heavy atom. The van der Waals surface area contributed by atoms with E-state index in [4.69, 9.17) is 9.15 Å². The molecule has 164 valence electrons. The number of aliphatic hydroxyl groups is 1. The Hall–Kier alpha value is -2.41. The molecule has 1 aromatic carbocycles. The van der Waals surface area contributed by atoms with Gasteiger partial charge in [0.2, 0.25) is 11.8 Å². The van der Waals surface area contributed by atoms with Gasteiger partial charge in [-0.3, -0.25) is 4.79 Å². The summed E-state index contributed by atoms with van der Waals surface area (Å²) in [5.74, 6) is 3.15. The number of rotatable bonds is 4.